The van der Waals surface area contributed by atoms with Crippen LogP contribution >= 0.6 is 0 Å². The van der Waals surface area contributed by atoms with Crippen LogP contribution in [0.15, 0.2) is 72.3 Å². The van der Waals surface area contributed by atoms with Gasteiger partial charge in [0.25, 0.3) is 0 Å². The fourth-order valence-electron chi connectivity index (χ4n) is 3.73. The van der Waals surface area contributed by atoms with Gasteiger partial charge in [0.05, 0.1) is 17.0 Å². The van der Waals surface area contributed by atoms with E-state index in [2.05, 4.69) is 11.6 Å². The van der Waals surface area contributed by atoms with E-state index < -0.39 is 22.2 Å². The number of nitrogens with one attached hydrogen (secondary N) is 1. The van der Waals surface area contributed by atoms with Crippen LogP contribution in [0.2, 0.25) is 0 Å². The van der Waals surface area contributed by atoms with Crippen LogP contribution < -0.4 is 0 Å². The molecule has 1 aromatic heterocycles. The van der Waals surface area contributed by atoms with Gasteiger partial charge in [0.2, 0.25) is 10.0 Å². The van der Waals surface area contributed by atoms with Crippen molar-refractivity contribution in [2.75, 3.05) is 6.54 Å². The lowest BCUT2D eigenvalue weighted by Gasteiger charge is -2.38. The SMILES string of the molecule is C=CCN1[C@@H](Cc2c[nH]c3ccccc23)[C@@H](O)c2ccccc2S1(=O)=O. The monoisotopic (exact) mass is 368 g/mol. The Bertz CT molecular complexity index is 1070. The molecule has 1 aliphatic heterocycles. The van der Waals surface area contributed by atoms with Crippen LogP contribution in [0.4, 0.5) is 0 Å². The van der Waals surface area contributed by atoms with Crippen molar-refractivity contribution >= 4 is 20.9 Å². The molecule has 0 bridgehead atoms. The zero-order chi connectivity index (χ0) is 18.3. The maximum absolute atomic E-state index is 13.1. The van der Waals surface area contributed by atoms with Gasteiger partial charge in [-0.15, -0.1) is 6.58 Å². The van der Waals surface area contributed by atoms with E-state index in [4.69, 9.17) is 0 Å². The Labute approximate surface area is 152 Å². The number of hydrogen-bond donors (Lipinski definition) is 2. The highest BCUT2D eigenvalue weighted by atomic mass is 32.2. The summed E-state index contributed by atoms with van der Waals surface area (Å²) in [5.74, 6) is 0. The van der Waals surface area contributed by atoms with Gasteiger partial charge in [-0.1, -0.05) is 42.5 Å². The number of aliphatic hydroxyl groups is 1. The van der Waals surface area contributed by atoms with Gasteiger partial charge >= 0.3 is 0 Å². The van der Waals surface area contributed by atoms with Crippen molar-refractivity contribution < 1.29 is 13.5 Å². The van der Waals surface area contributed by atoms with E-state index in [1.807, 2.05) is 30.5 Å². The lowest BCUT2D eigenvalue weighted by atomic mass is 9.95. The summed E-state index contributed by atoms with van der Waals surface area (Å²) in [6, 6.07) is 13.9. The highest BCUT2D eigenvalue weighted by Crippen LogP contribution is 2.38. The fraction of sp³-hybridized carbons (Fsp3) is 0.200. The molecule has 26 heavy (non-hydrogen) atoms. The number of nitrogens with zero attached hydrogens (tertiary/aromatic N) is 1. The lowest BCUT2D eigenvalue weighted by Crippen LogP contribution is -2.49. The highest BCUT2D eigenvalue weighted by molar-refractivity contribution is 7.89. The van der Waals surface area contributed by atoms with E-state index in [1.54, 1.807) is 30.3 Å². The average Bonchev–Trinajstić information content (AvgIpc) is 3.06. The first-order chi connectivity index (χ1) is 12.5. The summed E-state index contributed by atoms with van der Waals surface area (Å²) in [5, 5.41) is 12.0. The molecule has 0 saturated heterocycles. The van der Waals surface area contributed by atoms with Gasteiger partial charge in [-0.2, -0.15) is 4.31 Å². The van der Waals surface area contributed by atoms with E-state index in [1.165, 1.54) is 4.31 Å². The molecule has 2 heterocycles. The molecular formula is C20H20N2O3S. The summed E-state index contributed by atoms with van der Waals surface area (Å²) in [4.78, 5) is 3.38. The molecule has 0 fully saturated rings. The van der Waals surface area contributed by atoms with E-state index in [-0.39, 0.29) is 11.4 Å². The summed E-state index contributed by atoms with van der Waals surface area (Å²) >= 11 is 0. The van der Waals surface area contributed by atoms with Gasteiger partial charge in [-0.3, -0.25) is 0 Å². The van der Waals surface area contributed by atoms with Crippen LogP contribution in [0.5, 0.6) is 0 Å². The topological polar surface area (TPSA) is 73.4 Å². The molecule has 0 radical (unpaired) electrons. The molecule has 4 rings (SSSR count). The van der Waals surface area contributed by atoms with E-state index in [0.29, 0.717) is 12.0 Å². The first-order valence-electron chi connectivity index (χ1n) is 8.49. The number of H-pyrrole nitrogens is 1. The Balaban J connectivity index is 1.82. The maximum Gasteiger partial charge on any atom is 0.244 e. The van der Waals surface area contributed by atoms with Crippen LogP contribution in [-0.4, -0.2) is 35.4 Å². The summed E-state index contributed by atoms with van der Waals surface area (Å²) in [6.45, 7) is 3.84. The molecule has 1 aliphatic rings. The van der Waals surface area contributed by atoms with Gasteiger partial charge < -0.3 is 10.1 Å². The van der Waals surface area contributed by atoms with Crippen molar-refractivity contribution in [2.24, 2.45) is 0 Å². The van der Waals surface area contributed by atoms with Crippen LogP contribution in [0.25, 0.3) is 10.9 Å². The van der Waals surface area contributed by atoms with Crippen molar-refractivity contribution in [3.8, 4) is 0 Å². The minimum absolute atomic E-state index is 0.154. The van der Waals surface area contributed by atoms with E-state index in [9.17, 15) is 13.5 Å². The molecule has 3 aromatic rings. The molecule has 0 unspecified atom stereocenters. The third-order valence-electron chi connectivity index (χ3n) is 4.97. The van der Waals surface area contributed by atoms with Crippen LogP contribution in [0.3, 0.4) is 0 Å². The Morgan fingerprint density at radius 3 is 2.69 bits per heavy atom. The summed E-state index contributed by atoms with van der Waals surface area (Å²) in [6.07, 6.45) is 2.95. The molecule has 2 atom stereocenters. The van der Waals surface area contributed by atoms with Gasteiger partial charge in [0.15, 0.2) is 0 Å². The Hall–Kier alpha value is -2.41. The average molecular weight is 368 g/mol. The quantitative estimate of drug-likeness (QED) is 0.695. The number of hydrogen-bond acceptors (Lipinski definition) is 3. The van der Waals surface area contributed by atoms with Gasteiger partial charge in [0.1, 0.15) is 0 Å². The molecule has 0 spiro atoms. The largest absolute Gasteiger partial charge is 0.387 e. The van der Waals surface area contributed by atoms with Crippen LogP contribution in [0.1, 0.15) is 17.2 Å². The third-order valence-corrected chi connectivity index (χ3v) is 6.94. The predicted octanol–water partition coefficient (Wildman–Crippen LogP) is 3.00. The zero-order valence-electron chi connectivity index (χ0n) is 14.2. The first-order valence-corrected chi connectivity index (χ1v) is 9.93. The number of benzene rings is 2. The first kappa shape index (κ1) is 17.0. The number of aromatic nitrogens is 1. The van der Waals surface area contributed by atoms with E-state index >= 15 is 0 Å². The maximum atomic E-state index is 13.1. The molecule has 0 saturated carbocycles. The van der Waals surface area contributed by atoms with Gasteiger partial charge in [-0.05, 0) is 24.1 Å². The van der Waals surface area contributed by atoms with Crippen LogP contribution in [-0.2, 0) is 16.4 Å². The molecule has 134 valence electrons. The second-order valence-electron chi connectivity index (χ2n) is 6.48. The predicted molar refractivity (Wildman–Crippen MR) is 101 cm³/mol. The summed E-state index contributed by atoms with van der Waals surface area (Å²) < 4.78 is 27.6. The van der Waals surface area contributed by atoms with Crippen molar-refractivity contribution in [3.63, 3.8) is 0 Å². The minimum atomic E-state index is -3.69. The Kier molecular flexibility index (Phi) is 4.19. The molecule has 2 aromatic carbocycles. The molecular weight excluding hydrogens is 348 g/mol. The van der Waals surface area contributed by atoms with Crippen molar-refractivity contribution in [1.29, 1.82) is 0 Å². The van der Waals surface area contributed by atoms with Crippen molar-refractivity contribution in [3.05, 3.63) is 78.5 Å². The lowest BCUT2D eigenvalue weighted by molar-refractivity contribution is 0.0842. The summed E-state index contributed by atoms with van der Waals surface area (Å²) in [5.41, 5.74) is 2.43. The van der Waals surface area contributed by atoms with Crippen molar-refractivity contribution in [1.82, 2.24) is 9.29 Å². The van der Waals surface area contributed by atoms with Gasteiger partial charge in [0, 0.05) is 29.2 Å². The third kappa shape index (κ3) is 2.58. The Morgan fingerprint density at radius 2 is 1.88 bits per heavy atom. The number of fused-ring (bicyclic) bond motifs is 2. The Morgan fingerprint density at radius 1 is 1.15 bits per heavy atom. The standard InChI is InChI=1S/C20H20N2O3S/c1-2-11-22-18(12-14-13-21-17-9-5-3-7-15(14)17)20(23)16-8-4-6-10-19(16)26(22,24)25/h2-10,13,18,20-21,23H,1,11-12H2/t18-,20-/m0/s1. The molecule has 6 heteroatoms. The van der Waals surface area contributed by atoms with E-state index in [0.717, 1.165) is 16.5 Å². The second-order valence-corrected chi connectivity index (χ2v) is 8.34. The second kappa shape index (κ2) is 6.39. The van der Waals surface area contributed by atoms with Crippen molar-refractivity contribution in [2.45, 2.75) is 23.5 Å². The summed E-state index contributed by atoms with van der Waals surface area (Å²) in [7, 11) is -3.69. The number of aliphatic hydroxyl groups excluding tert-OH is 1. The highest BCUT2D eigenvalue weighted by Gasteiger charge is 2.43. The number of aromatic amines is 1. The normalized spacial score (nSPS) is 22.2. The molecule has 0 aliphatic carbocycles. The van der Waals surface area contributed by atoms with Crippen LogP contribution in [0, 0.1) is 0 Å². The minimum Gasteiger partial charge on any atom is -0.387 e. The number of sulfonamides is 1. The molecule has 0 amide bonds. The molecule has 2 N–H and O–H groups in total. The number of para-hydroxylation sites is 1. The molecule has 5 nitrogen and oxygen atoms in total. The number of rotatable bonds is 4. The van der Waals surface area contributed by atoms with Gasteiger partial charge in [-0.25, -0.2) is 8.42 Å². The zero-order valence-corrected chi connectivity index (χ0v) is 15.0. The fourth-order valence-corrected chi connectivity index (χ4v) is 5.57. The smallest absolute Gasteiger partial charge is 0.244 e.